The topological polar surface area (TPSA) is 186 Å². The van der Waals surface area contributed by atoms with Gasteiger partial charge in [0, 0.05) is 23.3 Å². The molecule has 6 aliphatic rings. The van der Waals surface area contributed by atoms with E-state index < -0.39 is 65.4 Å². The first-order valence-electron chi connectivity index (χ1n) is 14.8. The van der Waals surface area contributed by atoms with Crippen LogP contribution in [0.1, 0.15) is 64.7 Å². The second kappa shape index (κ2) is 9.96. The van der Waals surface area contributed by atoms with Crippen molar-refractivity contribution in [3.8, 4) is 0 Å². The molecule has 7 N–H and O–H groups in total. The Morgan fingerprint density at radius 1 is 0.950 bits per heavy atom. The van der Waals surface area contributed by atoms with E-state index in [-0.39, 0.29) is 43.4 Å². The van der Waals surface area contributed by atoms with E-state index >= 15 is 0 Å². The van der Waals surface area contributed by atoms with Crippen molar-refractivity contribution >= 4 is 5.97 Å². The molecule has 40 heavy (non-hydrogen) atoms. The summed E-state index contributed by atoms with van der Waals surface area (Å²) in [4.78, 5) is 11.8. The fourth-order valence-corrected chi connectivity index (χ4v) is 9.98. The normalized spacial score (nSPS) is 54.2. The Morgan fingerprint density at radius 3 is 2.38 bits per heavy atom. The predicted octanol–water partition coefficient (Wildman–Crippen LogP) is -0.484. The minimum atomic E-state index is -1.55. The lowest BCUT2D eigenvalue weighted by Gasteiger charge is -2.66. The standard InChI is InChI=1S/C29H44O11/c1-26-6-3-18-19(29(26,37)9-5-17(26)15-10-21(32)38-13-15)4-8-28(36)11-16(2-7-27(18,28)14-31)39-25-24(35)23(34)22(33)20(12-30)40-25/h10,16-20,22-25,30-31,33-37H,2-9,11-14H2,1H3/t16-,17+,18?,19?,20?,22+,23?,24?,25+,26+,27-,28-,29-/m0/s1. The summed E-state index contributed by atoms with van der Waals surface area (Å²) in [6, 6.07) is 0. The van der Waals surface area contributed by atoms with Gasteiger partial charge in [0.15, 0.2) is 6.29 Å². The van der Waals surface area contributed by atoms with Crippen LogP contribution in [-0.2, 0) is 19.0 Å². The minimum Gasteiger partial charge on any atom is -0.458 e. The summed E-state index contributed by atoms with van der Waals surface area (Å²) in [6.07, 6.45) is -0.996. The van der Waals surface area contributed by atoms with E-state index in [0.29, 0.717) is 38.5 Å². The van der Waals surface area contributed by atoms with Crippen molar-refractivity contribution in [1.82, 2.24) is 0 Å². The molecule has 5 unspecified atom stereocenters. The highest BCUT2D eigenvalue weighted by Crippen LogP contribution is 2.70. The molecule has 6 rings (SSSR count). The molecule has 0 spiro atoms. The Labute approximate surface area is 233 Å². The van der Waals surface area contributed by atoms with E-state index in [1.165, 1.54) is 0 Å². The van der Waals surface area contributed by atoms with E-state index in [1.54, 1.807) is 6.08 Å². The Morgan fingerprint density at radius 2 is 1.70 bits per heavy atom. The van der Waals surface area contributed by atoms with Crippen LogP contribution in [0.2, 0.25) is 0 Å². The van der Waals surface area contributed by atoms with Gasteiger partial charge in [-0.3, -0.25) is 0 Å². The predicted molar refractivity (Wildman–Crippen MR) is 137 cm³/mol. The van der Waals surface area contributed by atoms with E-state index in [2.05, 4.69) is 6.92 Å². The summed E-state index contributed by atoms with van der Waals surface area (Å²) in [5.74, 6) is -0.479. The third kappa shape index (κ3) is 3.92. The molecule has 4 saturated carbocycles. The zero-order valence-corrected chi connectivity index (χ0v) is 23.0. The Balaban J connectivity index is 1.21. The molecule has 11 heteroatoms. The van der Waals surface area contributed by atoms with E-state index in [9.17, 15) is 40.5 Å². The summed E-state index contributed by atoms with van der Waals surface area (Å²) in [6.45, 7) is 1.63. The number of rotatable bonds is 5. The van der Waals surface area contributed by atoms with Gasteiger partial charge < -0.3 is 50.0 Å². The first kappa shape index (κ1) is 28.9. The smallest absolute Gasteiger partial charge is 0.331 e. The fraction of sp³-hybridized carbons (Fsp3) is 0.897. The van der Waals surface area contributed by atoms with Crippen molar-refractivity contribution in [1.29, 1.82) is 0 Å². The highest BCUT2D eigenvalue weighted by molar-refractivity contribution is 5.85. The second-order valence-corrected chi connectivity index (χ2v) is 13.6. The number of aliphatic hydroxyl groups excluding tert-OH is 5. The van der Waals surface area contributed by atoms with Crippen LogP contribution in [0.5, 0.6) is 0 Å². The lowest BCUT2D eigenvalue weighted by Crippen LogP contribution is -2.69. The maximum atomic E-state index is 12.4. The number of hydrogen-bond donors (Lipinski definition) is 7. The second-order valence-electron chi connectivity index (χ2n) is 13.6. The van der Waals surface area contributed by atoms with Gasteiger partial charge in [-0.05, 0) is 74.7 Å². The Hall–Kier alpha value is -1.15. The molecule has 1 saturated heterocycles. The zero-order chi connectivity index (χ0) is 28.7. The number of hydrogen-bond acceptors (Lipinski definition) is 11. The number of esters is 1. The van der Waals surface area contributed by atoms with Crippen LogP contribution < -0.4 is 0 Å². The van der Waals surface area contributed by atoms with Gasteiger partial charge in [0.25, 0.3) is 0 Å². The number of fused-ring (bicyclic) bond motifs is 5. The van der Waals surface area contributed by atoms with Crippen LogP contribution >= 0.6 is 0 Å². The third-order valence-electron chi connectivity index (χ3n) is 12.2. The largest absolute Gasteiger partial charge is 0.458 e. The van der Waals surface area contributed by atoms with Crippen LogP contribution in [0.3, 0.4) is 0 Å². The molecule has 0 aromatic rings. The summed E-state index contributed by atoms with van der Waals surface area (Å²) >= 11 is 0. The SMILES string of the molecule is C[C@]12CCC3C(CC[C@]4(O)C[C@@H](O[C@@H]5OC(CO)[C@@H](O)C(O)C5O)CC[C@]34CO)[C@@]1(O)CC[C@@H]2C1=CC(=O)OC1. The number of carbonyl (C=O) groups is 1. The van der Waals surface area contributed by atoms with Gasteiger partial charge in [-0.1, -0.05) is 6.92 Å². The molecule has 5 fully saturated rings. The van der Waals surface area contributed by atoms with Gasteiger partial charge in [0.1, 0.15) is 31.0 Å². The van der Waals surface area contributed by atoms with E-state index in [4.69, 9.17) is 14.2 Å². The van der Waals surface area contributed by atoms with Crippen molar-refractivity contribution in [2.24, 2.45) is 28.6 Å². The minimum absolute atomic E-state index is 0.0541. The van der Waals surface area contributed by atoms with Crippen molar-refractivity contribution in [3.05, 3.63) is 11.6 Å². The van der Waals surface area contributed by atoms with Crippen LogP contribution in [0, 0.1) is 28.6 Å². The van der Waals surface area contributed by atoms with Crippen molar-refractivity contribution in [3.63, 3.8) is 0 Å². The average molecular weight is 569 g/mol. The third-order valence-corrected chi connectivity index (χ3v) is 12.2. The molecule has 2 heterocycles. The summed E-state index contributed by atoms with van der Waals surface area (Å²) in [5.41, 5.74) is -2.55. The molecule has 11 nitrogen and oxygen atoms in total. The van der Waals surface area contributed by atoms with Crippen molar-refractivity contribution in [2.45, 2.75) is 113 Å². The number of aliphatic hydroxyl groups is 7. The highest BCUT2D eigenvalue weighted by atomic mass is 16.7. The van der Waals surface area contributed by atoms with Crippen LogP contribution in [0.25, 0.3) is 0 Å². The fourth-order valence-electron chi connectivity index (χ4n) is 9.98. The van der Waals surface area contributed by atoms with Gasteiger partial charge in [-0.25, -0.2) is 4.79 Å². The summed E-state index contributed by atoms with van der Waals surface area (Å²) in [5, 5.41) is 75.7. The van der Waals surface area contributed by atoms with Gasteiger partial charge in [-0.15, -0.1) is 0 Å². The maximum absolute atomic E-state index is 12.4. The quantitative estimate of drug-likeness (QED) is 0.168. The van der Waals surface area contributed by atoms with Crippen LogP contribution in [0.15, 0.2) is 11.6 Å². The van der Waals surface area contributed by atoms with E-state index in [0.717, 1.165) is 18.4 Å². The first-order chi connectivity index (χ1) is 18.9. The Bertz CT molecular complexity index is 1030. The van der Waals surface area contributed by atoms with Crippen molar-refractivity contribution in [2.75, 3.05) is 19.8 Å². The monoisotopic (exact) mass is 568 g/mol. The molecule has 226 valence electrons. The average Bonchev–Trinajstić information content (AvgIpc) is 3.48. The lowest BCUT2D eigenvalue weighted by atomic mass is 9.41. The Kier molecular flexibility index (Phi) is 7.20. The van der Waals surface area contributed by atoms with E-state index in [1.807, 2.05) is 0 Å². The lowest BCUT2D eigenvalue weighted by molar-refractivity contribution is -0.327. The molecule has 0 aromatic heterocycles. The molecule has 0 bridgehead atoms. The van der Waals surface area contributed by atoms with Gasteiger partial charge >= 0.3 is 5.97 Å². The molecule has 4 aliphatic carbocycles. The molecule has 0 aromatic carbocycles. The molecule has 0 amide bonds. The molecule has 0 radical (unpaired) electrons. The van der Waals surface area contributed by atoms with Gasteiger partial charge in [-0.2, -0.15) is 0 Å². The molecular formula is C29H44O11. The maximum Gasteiger partial charge on any atom is 0.331 e. The molecular weight excluding hydrogens is 524 g/mol. The van der Waals surface area contributed by atoms with Crippen LogP contribution in [-0.4, -0.2) is 110 Å². The number of ether oxygens (including phenoxy) is 3. The number of cyclic esters (lactones) is 1. The molecule has 13 atom stereocenters. The van der Waals surface area contributed by atoms with Crippen LogP contribution in [0.4, 0.5) is 0 Å². The highest BCUT2D eigenvalue weighted by Gasteiger charge is 2.71. The summed E-state index contributed by atoms with van der Waals surface area (Å²) in [7, 11) is 0. The summed E-state index contributed by atoms with van der Waals surface area (Å²) < 4.78 is 16.8. The zero-order valence-electron chi connectivity index (χ0n) is 23.0. The van der Waals surface area contributed by atoms with Gasteiger partial charge in [0.05, 0.1) is 30.5 Å². The molecule has 2 aliphatic heterocycles. The van der Waals surface area contributed by atoms with Crippen molar-refractivity contribution < 1.29 is 54.8 Å². The number of carbonyl (C=O) groups excluding carboxylic acids is 1. The first-order valence-corrected chi connectivity index (χ1v) is 14.8. The van der Waals surface area contributed by atoms with Gasteiger partial charge in [0.2, 0.25) is 0 Å².